The lowest BCUT2D eigenvalue weighted by Crippen LogP contribution is -2.21. The molecule has 5 rings (SSSR count). The smallest absolute Gasteiger partial charge is 0.323 e. The van der Waals surface area contributed by atoms with Gasteiger partial charge in [-0.15, -0.1) is 0 Å². The molecule has 2 amide bonds. The maximum atomic E-state index is 13.1. The van der Waals surface area contributed by atoms with Gasteiger partial charge in [0.1, 0.15) is 11.5 Å². The lowest BCUT2D eigenvalue weighted by atomic mass is 9.87. The molecular formula is C34H34BrN5O3. The van der Waals surface area contributed by atoms with Crippen molar-refractivity contribution in [2.45, 2.75) is 39.2 Å². The molecule has 43 heavy (non-hydrogen) atoms. The van der Waals surface area contributed by atoms with Crippen LogP contribution in [-0.2, 0) is 5.41 Å². The number of carbonyl (C=O) groups is 1. The summed E-state index contributed by atoms with van der Waals surface area (Å²) >= 11 is 3.60. The molecule has 0 spiro atoms. The second kappa shape index (κ2) is 12.7. The fourth-order valence-corrected chi connectivity index (χ4v) is 5.32. The van der Waals surface area contributed by atoms with Gasteiger partial charge in [0.15, 0.2) is 0 Å². The number of halogens is 1. The number of anilines is 3. The highest BCUT2D eigenvalue weighted by Crippen LogP contribution is 2.35. The van der Waals surface area contributed by atoms with Crippen LogP contribution in [0.2, 0.25) is 0 Å². The molecule has 0 bridgehead atoms. The van der Waals surface area contributed by atoms with E-state index in [4.69, 9.17) is 9.47 Å². The van der Waals surface area contributed by atoms with E-state index in [1.165, 1.54) is 0 Å². The minimum atomic E-state index is -0.381. The van der Waals surface area contributed by atoms with Gasteiger partial charge in [0.2, 0.25) is 11.8 Å². The van der Waals surface area contributed by atoms with E-state index >= 15 is 0 Å². The number of methoxy groups -OCH3 is 1. The molecule has 220 valence electrons. The average molecular weight is 641 g/mol. The molecule has 5 aromatic rings. The third-order valence-corrected chi connectivity index (χ3v) is 7.73. The van der Waals surface area contributed by atoms with E-state index in [0.29, 0.717) is 34.7 Å². The fraction of sp³-hybridized carbons (Fsp3) is 0.206. The van der Waals surface area contributed by atoms with Crippen molar-refractivity contribution in [3.8, 4) is 17.4 Å². The molecule has 0 aliphatic rings. The van der Waals surface area contributed by atoms with Gasteiger partial charge < -0.3 is 25.4 Å². The molecule has 1 heterocycles. The topological polar surface area (TPSA) is 97.4 Å². The van der Waals surface area contributed by atoms with Gasteiger partial charge in [-0.3, -0.25) is 0 Å². The van der Waals surface area contributed by atoms with E-state index in [2.05, 4.69) is 62.6 Å². The zero-order valence-corrected chi connectivity index (χ0v) is 26.3. The Hall–Kier alpha value is -4.63. The Bertz CT molecular complexity index is 1770. The van der Waals surface area contributed by atoms with Gasteiger partial charge in [-0.05, 0) is 53.8 Å². The molecule has 0 saturated heterocycles. The van der Waals surface area contributed by atoms with Gasteiger partial charge in [-0.2, -0.15) is 4.98 Å². The van der Waals surface area contributed by atoms with Gasteiger partial charge in [0.05, 0.1) is 24.5 Å². The molecule has 4 aromatic carbocycles. The van der Waals surface area contributed by atoms with Crippen LogP contribution in [0.25, 0.3) is 10.8 Å². The number of nitrogens with one attached hydrogen (secondary N) is 3. The van der Waals surface area contributed by atoms with Gasteiger partial charge >= 0.3 is 6.03 Å². The van der Waals surface area contributed by atoms with Crippen LogP contribution in [0.15, 0.2) is 95.6 Å². The molecule has 0 aliphatic heterocycles. The van der Waals surface area contributed by atoms with Gasteiger partial charge in [0.25, 0.3) is 0 Å². The molecule has 9 heteroatoms. The molecular weight excluding hydrogens is 606 g/mol. The summed E-state index contributed by atoms with van der Waals surface area (Å²) in [4.78, 5) is 22.1. The standard InChI is InChI=1S/C34H34BrN5O3/c1-21(23-10-8-9-13-26(23)35)37-32-36-19-18-31(40-32)43-29-17-15-27(24-11-6-7-12-25(24)29)38-33(41)39-28-20-22(34(2,3)4)14-16-30(28)42-5/h6-21H,1-5H3,(H,36,37,40)(H2,38,39,41). The number of benzene rings is 4. The highest BCUT2D eigenvalue weighted by Gasteiger charge is 2.18. The van der Waals surface area contributed by atoms with Crippen LogP contribution in [0, 0.1) is 0 Å². The lowest BCUT2D eigenvalue weighted by Gasteiger charge is -2.21. The SMILES string of the molecule is COc1ccc(C(C)(C)C)cc1NC(=O)Nc1ccc(Oc2ccnc(NC(C)c3ccccc3Br)n2)c2ccccc12. The van der Waals surface area contributed by atoms with Crippen LogP contribution >= 0.6 is 15.9 Å². The summed E-state index contributed by atoms with van der Waals surface area (Å²) in [5.41, 5.74) is 3.33. The maximum absolute atomic E-state index is 13.1. The summed E-state index contributed by atoms with van der Waals surface area (Å²) in [6, 6.07) is 26.5. The van der Waals surface area contributed by atoms with Crippen LogP contribution in [0.5, 0.6) is 17.4 Å². The number of ether oxygens (including phenoxy) is 2. The summed E-state index contributed by atoms with van der Waals surface area (Å²) in [5.74, 6) is 2.03. The Kier molecular flexibility index (Phi) is 8.82. The van der Waals surface area contributed by atoms with Crippen molar-refractivity contribution in [2.75, 3.05) is 23.1 Å². The Morgan fingerprint density at radius 2 is 1.56 bits per heavy atom. The number of nitrogens with zero attached hydrogens (tertiary/aromatic N) is 2. The van der Waals surface area contributed by atoms with Crippen LogP contribution < -0.4 is 25.4 Å². The number of fused-ring (bicyclic) bond motifs is 1. The number of aromatic nitrogens is 2. The van der Waals surface area contributed by atoms with Crippen molar-refractivity contribution in [1.29, 1.82) is 0 Å². The largest absolute Gasteiger partial charge is 0.495 e. The summed E-state index contributed by atoms with van der Waals surface area (Å²) in [7, 11) is 1.58. The highest BCUT2D eigenvalue weighted by molar-refractivity contribution is 9.10. The molecule has 8 nitrogen and oxygen atoms in total. The molecule has 3 N–H and O–H groups in total. The zero-order chi connectivity index (χ0) is 30.6. The van der Waals surface area contributed by atoms with Crippen molar-refractivity contribution in [2.24, 2.45) is 0 Å². The summed E-state index contributed by atoms with van der Waals surface area (Å²) in [6.07, 6.45) is 1.66. The van der Waals surface area contributed by atoms with Crippen molar-refractivity contribution in [1.82, 2.24) is 9.97 Å². The highest BCUT2D eigenvalue weighted by atomic mass is 79.9. The molecule has 1 unspecified atom stereocenters. The third-order valence-electron chi connectivity index (χ3n) is 7.01. The minimum Gasteiger partial charge on any atom is -0.495 e. The van der Waals surface area contributed by atoms with E-state index < -0.39 is 0 Å². The first-order valence-corrected chi connectivity index (χ1v) is 14.7. The predicted molar refractivity (Wildman–Crippen MR) is 177 cm³/mol. The van der Waals surface area contributed by atoms with E-state index in [1.54, 1.807) is 19.4 Å². The Balaban J connectivity index is 1.35. The minimum absolute atomic E-state index is 0.0286. The molecule has 0 aliphatic carbocycles. The summed E-state index contributed by atoms with van der Waals surface area (Å²) in [6.45, 7) is 8.41. The number of rotatable bonds is 8. The average Bonchev–Trinajstić information content (AvgIpc) is 2.98. The van der Waals surface area contributed by atoms with Crippen molar-refractivity contribution >= 4 is 50.1 Å². The monoisotopic (exact) mass is 639 g/mol. The van der Waals surface area contributed by atoms with Crippen LogP contribution in [0.1, 0.15) is 44.9 Å². The van der Waals surface area contributed by atoms with Crippen LogP contribution in [0.4, 0.5) is 22.1 Å². The molecule has 1 aromatic heterocycles. The first-order chi connectivity index (χ1) is 20.6. The van der Waals surface area contributed by atoms with Crippen LogP contribution in [0.3, 0.4) is 0 Å². The molecule has 0 radical (unpaired) electrons. The summed E-state index contributed by atoms with van der Waals surface area (Å²) < 4.78 is 12.7. The number of carbonyl (C=O) groups excluding carboxylic acids is 1. The predicted octanol–water partition coefficient (Wildman–Crippen LogP) is 9.31. The second-order valence-corrected chi connectivity index (χ2v) is 12.0. The third kappa shape index (κ3) is 7.06. The van der Waals surface area contributed by atoms with Gasteiger partial charge in [-0.1, -0.05) is 85.2 Å². The first-order valence-electron chi connectivity index (χ1n) is 13.9. The quantitative estimate of drug-likeness (QED) is 0.156. The maximum Gasteiger partial charge on any atom is 0.323 e. The Labute approximate surface area is 260 Å². The van der Waals surface area contributed by atoms with E-state index in [-0.39, 0.29) is 17.5 Å². The van der Waals surface area contributed by atoms with Gasteiger partial charge in [-0.25, -0.2) is 9.78 Å². The summed E-state index contributed by atoms with van der Waals surface area (Å²) in [5, 5.41) is 10.9. The van der Waals surface area contributed by atoms with E-state index in [0.717, 1.165) is 26.4 Å². The first kappa shape index (κ1) is 29.8. The van der Waals surface area contributed by atoms with E-state index in [9.17, 15) is 4.79 Å². The van der Waals surface area contributed by atoms with E-state index in [1.807, 2.05) is 85.8 Å². The molecule has 0 fully saturated rings. The van der Waals surface area contributed by atoms with Crippen molar-refractivity contribution in [3.05, 3.63) is 107 Å². The second-order valence-electron chi connectivity index (χ2n) is 11.1. The molecule has 0 saturated carbocycles. The fourth-order valence-electron chi connectivity index (χ4n) is 4.70. The number of hydrogen-bond donors (Lipinski definition) is 3. The van der Waals surface area contributed by atoms with Gasteiger partial charge in [0, 0.05) is 27.5 Å². The van der Waals surface area contributed by atoms with Crippen molar-refractivity contribution in [3.63, 3.8) is 0 Å². The Morgan fingerprint density at radius 1 is 0.860 bits per heavy atom. The van der Waals surface area contributed by atoms with Crippen LogP contribution in [-0.4, -0.2) is 23.1 Å². The zero-order valence-electron chi connectivity index (χ0n) is 24.7. The van der Waals surface area contributed by atoms with Crippen molar-refractivity contribution < 1.29 is 14.3 Å². The number of urea groups is 1. The number of hydrogen-bond acceptors (Lipinski definition) is 6. The number of amides is 2. The molecule has 1 atom stereocenters. The lowest BCUT2D eigenvalue weighted by molar-refractivity contribution is 0.262. The Morgan fingerprint density at radius 3 is 2.30 bits per heavy atom. The normalized spacial score (nSPS) is 12.0.